The Morgan fingerprint density at radius 2 is 1.79 bits per heavy atom. The molecule has 0 unspecified atom stereocenters. The molecule has 2 aromatic heterocycles. The van der Waals surface area contributed by atoms with E-state index < -0.39 is 5.41 Å². The second-order valence-electron chi connectivity index (χ2n) is 7.33. The van der Waals surface area contributed by atoms with E-state index in [4.69, 9.17) is 4.74 Å². The van der Waals surface area contributed by atoms with Gasteiger partial charge in [-0.25, -0.2) is 9.97 Å². The Hall–Kier alpha value is -3.28. The van der Waals surface area contributed by atoms with Crippen molar-refractivity contribution in [2.45, 2.75) is 33.1 Å². The van der Waals surface area contributed by atoms with Crippen LogP contribution >= 0.6 is 0 Å². The first-order valence-corrected chi connectivity index (χ1v) is 9.27. The Balaban J connectivity index is 1.84. The first-order valence-electron chi connectivity index (χ1n) is 9.27. The van der Waals surface area contributed by atoms with Crippen LogP contribution in [0.25, 0.3) is 11.1 Å². The molecule has 6 heteroatoms. The molecule has 1 aromatic carbocycles. The number of nitrogens with zero attached hydrogens (tertiary/aromatic N) is 4. The summed E-state index contributed by atoms with van der Waals surface area (Å²) >= 11 is 0. The lowest BCUT2D eigenvalue weighted by atomic mass is 9.85. The molecular formula is C22H22N4O2. The van der Waals surface area contributed by atoms with Crippen molar-refractivity contribution in [3.8, 4) is 16.9 Å². The van der Waals surface area contributed by atoms with Crippen molar-refractivity contribution < 1.29 is 9.53 Å². The van der Waals surface area contributed by atoms with Crippen molar-refractivity contribution in [3.05, 3.63) is 60.4 Å². The van der Waals surface area contributed by atoms with E-state index >= 15 is 0 Å². The molecule has 0 aliphatic carbocycles. The van der Waals surface area contributed by atoms with Crippen LogP contribution in [-0.2, 0) is 10.2 Å². The minimum atomic E-state index is -0.626. The van der Waals surface area contributed by atoms with Gasteiger partial charge in [-0.05, 0) is 44.9 Å². The number of aromatic nitrogens is 3. The van der Waals surface area contributed by atoms with Crippen LogP contribution in [0.5, 0.6) is 5.75 Å². The zero-order chi connectivity index (χ0) is 19.9. The summed E-state index contributed by atoms with van der Waals surface area (Å²) < 4.78 is 5.57. The van der Waals surface area contributed by atoms with Gasteiger partial charge in [-0.3, -0.25) is 14.7 Å². The fourth-order valence-electron chi connectivity index (χ4n) is 3.50. The van der Waals surface area contributed by atoms with Crippen LogP contribution in [0.3, 0.4) is 0 Å². The smallest absolute Gasteiger partial charge is 0.241 e. The van der Waals surface area contributed by atoms with E-state index in [0.717, 1.165) is 28.2 Å². The molecule has 4 rings (SSSR count). The van der Waals surface area contributed by atoms with E-state index in [0.29, 0.717) is 18.0 Å². The van der Waals surface area contributed by atoms with Crippen LogP contribution < -0.4 is 9.64 Å². The Kier molecular flexibility index (Phi) is 4.34. The molecule has 1 aliphatic heterocycles. The molecule has 0 radical (unpaired) electrons. The average Bonchev–Trinajstić information content (AvgIpc) is 2.88. The number of rotatable bonds is 4. The van der Waals surface area contributed by atoms with Crippen LogP contribution in [0.4, 0.5) is 11.4 Å². The molecule has 0 saturated heterocycles. The maximum absolute atomic E-state index is 13.3. The quantitative estimate of drug-likeness (QED) is 0.684. The van der Waals surface area contributed by atoms with Gasteiger partial charge >= 0.3 is 0 Å². The minimum absolute atomic E-state index is 0.00949. The zero-order valence-electron chi connectivity index (χ0n) is 16.4. The zero-order valence-corrected chi connectivity index (χ0v) is 16.4. The summed E-state index contributed by atoms with van der Waals surface area (Å²) in [6.45, 7) is 8.21. The number of carbonyl (C=O) groups excluding carboxylic acids is 1. The summed E-state index contributed by atoms with van der Waals surface area (Å²) in [5.74, 6) is 1.37. The third kappa shape index (κ3) is 2.91. The second kappa shape index (κ2) is 6.71. The topological polar surface area (TPSA) is 68.2 Å². The molecule has 28 heavy (non-hydrogen) atoms. The van der Waals surface area contributed by atoms with Gasteiger partial charge in [-0.15, -0.1) is 0 Å². The lowest BCUT2D eigenvalue weighted by Gasteiger charge is -2.20. The minimum Gasteiger partial charge on any atom is -0.492 e. The van der Waals surface area contributed by atoms with Crippen LogP contribution in [-0.4, -0.2) is 27.5 Å². The monoisotopic (exact) mass is 374 g/mol. The summed E-state index contributed by atoms with van der Waals surface area (Å²) in [6, 6.07) is 7.90. The van der Waals surface area contributed by atoms with Crippen molar-refractivity contribution >= 4 is 17.3 Å². The number of fused-ring (bicyclic) bond motifs is 1. The summed E-state index contributed by atoms with van der Waals surface area (Å²) in [5, 5.41) is 0. The fourth-order valence-corrected chi connectivity index (χ4v) is 3.50. The number of pyridine rings is 1. The number of hydrogen-bond donors (Lipinski definition) is 0. The number of anilines is 2. The van der Waals surface area contributed by atoms with Crippen molar-refractivity contribution in [3.63, 3.8) is 0 Å². The number of ether oxygens (including phenoxy) is 1. The molecule has 142 valence electrons. The molecule has 3 heterocycles. The fraction of sp³-hybridized carbons (Fsp3) is 0.273. The van der Waals surface area contributed by atoms with Gasteiger partial charge in [-0.2, -0.15) is 0 Å². The van der Waals surface area contributed by atoms with Gasteiger partial charge in [0.1, 0.15) is 11.6 Å². The standard InChI is InChI=1S/C22H22N4O2/c1-5-28-18-9-17(12-23-13-18)26-20-8-15(16-10-24-14(2)25-11-16)6-7-19(20)22(3,4)21(26)27/h6-13H,5H2,1-4H3. The molecule has 0 fully saturated rings. The normalized spacial score (nSPS) is 14.9. The maximum atomic E-state index is 13.3. The van der Waals surface area contributed by atoms with Gasteiger partial charge < -0.3 is 4.74 Å². The highest BCUT2D eigenvalue weighted by Crippen LogP contribution is 2.46. The Labute approximate surface area is 164 Å². The highest BCUT2D eigenvalue weighted by Gasteiger charge is 2.44. The number of aryl methyl sites for hydroxylation is 1. The molecular weight excluding hydrogens is 352 g/mol. The van der Waals surface area contributed by atoms with Crippen LogP contribution in [0.2, 0.25) is 0 Å². The van der Waals surface area contributed by atoms with Gasteiger partial charge in [0.15, 0.2) is 0 Å². The number of amides is 1. The average molecular weight is 374 g/mol. The summed E-state index contributed by atoms with van der Waals surface area (Å²) in [6.07, 6.45) is 6.94. The molecule has 0 saturated carbocycles. The number of benzene rings is 1. The summed E-state index contributed by atoms with van der Waals surface area (Å²) in [7, 11) is 0. The number of carbonyl (C=O) groups is 1. The predicted octanol–water partition coefficient (Wildman–Crippen LogP) is 4.20. The molecule has 3 aromatic rings. The maximum Gasteiger partial charge on any atom is 0.241 e. The first kappa shape index (κ1) is 18.1. The molecule has 0 atom stereocenters. The largest absolute Gasteiger partial charge is 0.492 e. The summed E-state index contributed by atoms with van der Waals surface area (Å²) in [5.41, 5.74) is 3.77. The Morgan fingerprint density at radius 3 is 2.50 bits per heavy atom. The summed E-state index contributed by atoms with van der Waals surface area (Å²) in [4.78, 5) is 27.8. The molecule has 0 N–H and O–H groups in total. The van der Waals surface area contributed by atoms with Crippen LogP contribution in [0.15, 0.2) is 49.1 Å². The SMILES string of the molecule is CCOc1cncc(N2C(=O)C(C)(C)c3ccc(-c4cnc(C)nc4)cc32)c1. The van der Waals surface area contributed by atoms with E-state index in [2.05, 4.69) is 15.0 Å². The van der Waals surface area contributed by atoms with Gasteiger partial charge in [0, 0.05) is 24.0 Å². The van der Waals surface area contributed by atoms with Crippen LogP contribution in [0, 0.1) is 6.92 Å². The van der Waals surface area contributed by atoms with E-state index in [1.807, 2.05) is 52.0 Å². The molecule has 6 nitrogen and oxygen atoms in total. The van der Waals surface area contributed by atoms with Gasteiger partial charge in [0.2, 0.25) is 5.91 Å². The molecule has 0 bridgehead atoms. The second-order valence-corrected chi connectivity index (χ2v) is 7.33. The number of hydrogen-bond acceptors (Lipinski definition) is 5. The third-order valence-electron chi connectivity index (χ3n) is 5.03. The first-order chi connectivity index (χ1) is 13.4. The van der Waals surface area contributed by atoms with Crippen molar-refractivity contribution in [2.75, 3.05) is 11.5 Å². The van der Waals surface area contributed by atoms with E-state index in [1.165, 1.54) is 0 Å². The van der Waals surface area contributed by atoms with Crippen LogP contribution in [0.1, 0.15) is 32.2 Å². The molecule has 0 spiro atoms. The van der Waals surface area contributed by atoms with E-state index in [-0.39, 0.29) is 5.91 Å². The molecule has 1 amide bonds. The van der Waals surface area contributed by atoms with E-state index in [9.17, 15) is 4.79 Å². The van der Waals surface area contributed by atoms with E-state index in [1.54, 1.807) is 29.7 Å². The Bertz CT molecular complexity index is 1040. The molecule has 1 aliphatic rings. The lowest BCUT2D eigenvalue weighted by Crippen LogP contribution is -2.33. The van der Waals surface area contributed by atoms with Crippen molar-refractivity contribution in [1.82, 2.24) is 15.0 Å². The lowest BCUT2D eigenvalue weighted by molar-refractivity contribution is -0.121. The van der Waals surface area contributed by atoms with Gasteiger partial charge in [0.25, 0.3) is 0 Å². The predicted molar refractivity (Wildman–Crippen MR) is 108 cm³/mol. The highest BCUT2D eigenvalue weighted by atomic mass is 16.5. The highest BCUT2D eigenvalue weighted by molar-refractivity contribution is 6.13. The van der Waals surface area contributed by atoms with Gasteiger partial charge in [-0.1, -0.05) is 12.1 Å². The Morgan fingerprint density at radius 1 is 1.04 bits per heavy atom. The van der Waals surface area contributed by atoms with Crippen molar-refractivity contribution in [1.29, 1.82) is 0 Å². The third-order valence-corrected chi connectivity index (χ3v) is 5.03. The van der Waals surface area contributed by atoms with Crippen molar-refractivity contribution in [2.24, 2.45) is 0 Å². The van der Waals surface area contributed by atoms with Gasteiger partial charge in [0.05, 0.1) is 35.8 Å².